The minimum Gasteiger partial charge on any atom is -0.398 e. The Morgan fingerprint density at radius 1 is 1.14 bits per heavy atom. The van der Waals surface area contributed by atoms with Gasteiger partial charge in [0.1, 0.15) is 4.90 Å². The molecule has 0 aliphatic rings. The molecular formula is C14H16BrN3O2S. The van der Waals surface area contributed by atoms with Crippen LogP contribution in [0.1, 0.15) is 5.56 Å². The smallest absolute Gasteiger partial charge is 0.242 e. The molecule has 0 saturated carbocycles. The molecule has 4 N–H and O–H groups in total. The van der Waals surface area contributed by atoms with Crippen molar-refractivity contribution in [1.29, 1.82) is 0 Å². The summed E-state index contributed by atoms with van der Waals surface area (Å²) in [6.45, 7) is 0.630. The van der Waals surface area contributed by atoms with Crippen molar-refractivity contribution in [3.8, 4) is 0 Å². The van der Waals surface area contributed by atoms with E-state index in [0.29, 0.717) is 6.54 Å². The Hall–Kier alpha value is -1.57. The van der Waals surface area contributed by atoms with E-state index in [-0.39, 0.29) is 10.6 Å². The van der Waals surface area contributed by atoms with E-state index in [4.69, 9.17) is 5.73 Å². The number of nitrogen functional groups attached to an aromatic ring is 1. The van der Waals surface area contributed by atoms with Crippen molar-refractivity contribution in [3.05, 3.63) is 52.5 Å². The van der Waals surface area contributed by atoms with E-state index in [1.165, 1.54) is 13.1 Å². The Balaban J connectivity index is 2.12. The molecule has 7 heteroatoms. The van der Waals surface area contributed by atoms with Gasteiger partial charge in [0.15, 0.2) is 0 Å². The lowest BCUT2D eigenvalue weighted by Gasteiger charge is -2.10. The van der Waals surface area contributed by atoms with Crippen molar-refractivity contribution in [1.82, 2.24) is 4.72 Å². The van der Waals surface area contributed by atoms with Gasteiger partial charge in [-0.2, -0.15) is 0 Å². The second-order valence-corrected chi connectivity index (χ2v) is 7.21. The van der Waals surface area contributed by atoms with Crippen LogP contribution < -0.4 is 15.8 Å². The van der Waals surface area contributed by atoms with Crippen LogP contribution in [0.15, 0.2) is 51.8 Å². The number of hydrogen-bond acceptors (Lipinski definition) is 4. The molecule has 0 aliphatic heterocycles. The molecule has 0 atom stereocenters. The summed E-state index contributed by atoms with van der Waals surface area (Å²) < 4.78 is 26.7. The first kappa shape index (κ1) is 15.8. The minimum absolute atomic E-state index is 0.0826. The number of nitrogens with one attached hydrogen (secondary N) is 2. The fourth-order valence-corrected chi connectivity index (χ4v) is 2.92. The van der Waals surface area contributed by atoms with E-state index in [2.05, 4.69) is 26.0 Å². The van der Waals surface area contributed by atoms with Gasteiger partial charge in [0.25, 0.3) is 0 Å². The Kier molecular flexibility index (Phi) is 4.87. The summed E-state index contributed by atoms with van der Waals surface area (Å²) in [5.41, 5.74) is 7.90. The topological polar surface area (TPSA) is 84.2 Å². The molecule has 0 heterocycles. The zero-order valence-corrected chi connectivity index (χ0v) is 13.8. The largest absolute Gasteiger partial charge is 0.398 e. The molecule has 0 amide bonds. The molecule has 21 heavy (non-hydrogen) atoms. The molecule has 0 fully saturated rings. The first-order valence-electron chi connectivity index (χ1n) is 6.24. The van der Waals surface area contributed by atoms with Crippen molar-refractivity contribution in [2.45, 2.75) is 11.4 Å². The van der Waals surface area contributed by atoms with E-state index >= 15 is 0 Å². The zero-order chi connectivity index (χ0) is 15.5. The standard InChI is InChI=1S/C14H16BrN3O2S/c1-17-21(19,20)14-7-6-12(8-13(14)16)18-9-10-2-4-11(15)5-3-10/h2-8,17-18H,9,16H2,1H3. The second-order valence-electron chi connectivity index (χ2n) is 4.44. The predicted molar refractivity (Wildman–Crippen MR) is 88.6 cm³/mol. The monoisotopic (exact) mass is 369 g/mol. The van der Waals surface area contributed by atoms with Gasteiger partial charge in [0.05, 0.1) is 5.69 Å². The van der Waals surface area contributed by atoms with Gasteiger partial charge < -0.3 is 11.1 Å². The highest BCUT2D eigenvalue weighted by molar-refractivity contribution is 9.10. The van der Waals surface area contributed by atoms with Gasteiger partial charge >= 0.3 is 0 Å². The van der Waals surface area contributed by atoms with E-state index in [1.54, 1.807) is 12.1 Å². The van der Waals surface area contributed by atoms with Crippen LogP contribution in [0.3, 0.4) is 0 Å². The molecule has 0 radical (unpaired) electrons. The summed E-state index contributed by atoms with van der Waals surface area (Å²) >= 11 is 3.38. The first-order chi connectivity index (χ1) is 9.92. The third-order valence-electron chi connectivity index (χ3n) is 2.98. The normalized spacial score (nSPS) is 11.3. The Labute approximate surface area is 132 Å². The maximum atomic E-state index is 11.7. The van der Waals surface area contributed by atoms with Crippen molar-refractivity contribution < 1.29 is 8.42 Å². The van der Waals surface area contributed by atoms with E-state index in [9.17, 15) is 8.42 Å². The van der Waals surface area contributed by atoms with Gasteiger partial charge in [-0.25, -0.2) is 13.1 Å². The molecule has 0 bridgehead atoms. The van der Waals surface area contributed by atoms with E-state index in [1.807, 2.05) is 24.3 Å². The van der Waals surface area contributed by atoms with Crippen LogP contribution in [0, 0.1) is 0 Å². The van der Waals surface area contributed by atoms with Gasteiger partial charge in [-0.05, 0) is 42.9 Å². The van der Waals surface area contributed by atoms with Crippen LogP contribution in [0.4, 0.5) is 11.4 Å². The van der Waals surface area contributed by atoms with Crippen LogP contribution in [-0.4, -0.2) is 15.5 Å². The molecule has 0 aromatic heterocycles. The van der Waals surface area contributed by atoms with E-state index in [0.717, 1.165) is 15.7 Å². The third kappa shape index (κ3) is 3.96. The highest BCUT2D eigenvalue weighted by atomic mass is 79.9. The Morgan fingerprint density at radius 2 is 1.81 bits per heavy atom. The van der Waals surface area contributed by atoms with Crippen LogP contribution in [0.2, 0.25) is 0 Å². The molecule has 2 rings (SSSR count). The maximum absolute atomic E-state index is 11.7. The molecule has 2 aromatic rings. The highest BCUT2D eigenvalue weighted by Gasteiger charge is 2.15. The molecule has 0 aliphatic carbocycles. The molecule has 0 unspecified atom stereocenters. The average molecular weight is 370 g/mol. The van der Waals surface area contributed by atoms with Crippen LogP contribution >= 0.6 is 15.9 Å². The summed E-state index contributed by atoms with van der Waals surface area (Å²) in [4.78, 5) is 0.0826. The van der Waals surface area contributed by atoms with Crippen LogP contribution in [0.5, 0.6) is 0 Å². The van der Waals surface area contributed by atoms with Crippen LogP contribution in [-0.2, 0) is 16.6 Å². The second kappa shape index (κ2) is 6.46. The number of halogens is 1. The SMILES string of the molecule is CNS(=O)(=O)c1ccc(NCc2ccc(Br)cc2)cc1N. The zero-order valence-electron chi connectivity index (χ0n) is 11.4. The van der Waals surface area contributed by atoms with Gasteiger partial charge in [-0.1, -0.05) is 28.1 Å². The van der Waals surface area contributed by atoms with Gasteiger partial charge in [-0.3, -0.25) is 0 Å². The van der Waals surface area contributed by atoms with Crippen molar-refractivity contribution in [3.63, 3.8) is 0 Å². The van der Waals surface area contributed by atoms with Gasteiger partial charge in [0.2, 0.25) is 10.0 Å². The quantitative estimate of drug-likeness (QED) is 0.707. The maximum Gasteiger partial charge on any atom is 0.242 e. The molecule has 112 valence electrons. The summed E-state index contributed by atoms with van der Waals surface area (Å²) in [5, 5.41) is 3.21. The molecule has 0 spiro atoms. The number of anilines is 2. The van der Waals surface area contributed by atoms with Crippen molar-refractivity contribution >= 4 is 37.3 Å². The third-order valence-corrected chi connectivity index (χ3v) is 4.99. The lowest BCUT2D eigenvalue weighted by Crippen LogP contribution is -2.20. The summed E-state index contributed by atoms with van der Waals surface area (Å²) in [6.07, 6.45) is 0. The van der Waals surface area contributed by atoms with Gasteiger partial charge in [0, 0.05) is 16.7 Å². The molecule has 5 nitrogen and oxygen atoms in total. The fourth-order valence-electron chi connectivity index (χ4n) is 1.82. The molecule has 2 aromatic carbocycles. The number of benzene rings is 2. The van der Waals surface area contributed by atoms with Crippen LogP contribution in [0.25, 0.3) is 0 Å². The lowest BCUT2D eigenvalue weighted by molar-refractivity contribution is 0.588. The van der Waals surface area contributed by atoms with Gasteiger partial charge in [-0.15, -0.1) is 0 Å². The Bertz CT molecular complexity index is 730. The number of nitrogens with two attached hydrogens (primary N) is 1. The summed E-state index contributed by atoms with van der Waals surface area (Å²) in [5.74, 6) is 0. The lowest BCUT2D eigenvalue weighted by atomic mass is 10.2. The average Bonchev–Trinajstić information content (AvgIpc) is 2.46. The highest BCUT2D eigenvalue weighted by Crippen LogP contribution is 2.22. The number of sulfonamides is 1. The van der Waals surface area contributed by atoms with Crippen molar-refractivity contribution in [2.75, 3.05) is 18.1 Å². The van der Waals surface area contributed by atoms with Crippen molar-refractivity contribution in [2.24, 2.45) is 0 Å². The summed E-state index contributed by atoms with van der Waals surface area (Å²) in [6, 6.07) is 12.7. The minimum atomic E-state index is -3.53. The van der Waals surface area contributed by atoms with E-state index < -0.39 is 10.0 Å². The molecule has 0 saturated heterocycles. The molecular weight excluding hydrogens is 354 g/mol. The number of hydrogen-bond donors (Lipinski definition) is 3. The summed E-state index contributed by atoms with van der Waals surface area (Å²) in [7, 11) is -2.17. The fraction of sp³-hybridized carbons (Fsp3) is 0.143. The Morgan fingerprint density at radius 3 is 2.38 bits per heavy atom. The first-order valence-corrected chi connectivity index (χ1v) is 8.51. The number of rotatable bonds is 5. The predicted octanol–water partition coefficient (Wildman–Crippen LogP) is 2.55.